The highest BCUT2D eigenvalue weighted by atomic mass is 16.2. The van der Waals surface area contributed by atoms with Gasteiger partial charge in [0.25, 0.3) is 0 Å². The van der Waals surface area contributed by atoms with E-state index in [-0.39, 0.29) is 11.9 Å². The summed E-state index contributed by atoms with van der Waals surface area (Å²) in [6, 6.07) is 2.04. The topological polar surface area (TPSA) is 70.1 Å². The maximum atomic E-state index is 11.5. The van der Waals surface area contributed by atoms with E-state index < -0.39 is 0 Å². The van der Waals surface area contributed by atoms with Crippen LogP contribution in [0.4, 0.5) is 0 Å². The third-order valence-corrected chi connectivity index (χ3v) is 2.62. The minimum absolute atomic E-state index is 0.0204. The van der Waals surface area contributed by atoms with Crippen molar-refractivity contribution in [3.63, 3.8) is 0 Å². The van der Waals surface area contributed by atoms with Gasteiger partial charge in [-0.15, -0.1) is 0 Å². The minimum Gasteiger partial charge on any atom is -0.345 e. The van der Waals surface area contributed by atoms with Gasteiger partial charge in [-0.1, -0.05) is 0 Å². The second kappa shape index (κ2) is 4.97. The highest BCUT2D eigenvalue weighted by molar-refractivity contribution is 5.76. The summed E-state index contributed by atoms with van der Waals surface area (Å²) in [6.45, 7) is 0.507. The Kier molecular flexibility index (Phi) is 3.90. The van der Waals surface area contributed by atoms with E-state index in [0.29, 0.717) is 25.3 Å². The summed E-state index contributed by atoms with van der Waals surface area (Å²) < 4.78 is 0. The van der Waals surface area contributed by atoms with Crippen LogP contribution < -0.4 is 5.73 Å². The van der Waals surface area contributed by atoms with E-state index in [2.05, 4.69) is 0 Å². The molecule has 1 amide bonds. The maximum absolute atomic E-state index is 11.5. The van der Waals surface area contributed by atoms with Crippen molar-refractivity contribution in [3.05, 3.63) is 0 Å². The zero-order chi connectivity index (χ0) is 10.6. The van der Waals surface area contributed by atoms with Crippen LogP contribution in [0.5, 0.6) is 0 Å². The molecule has 0 aromatic heterocycles. The highest BCUT2D eigenvalue weighted by Crippen LogP contribution is 2.32. The summed E-state index contributed by atoms with van der Waals surface area (Å²) in [7, 11) is 1.72. The van der Waals surface area contributed by atoms with E-state index in [9.17, 15) is 4.79 Å². The Balaban J connectivity index is 2.22. The van der Waals surface area contributed by atoms with Crippen molar-refractivity contribution in [2.24, 2.45) is 11.7 Å². The number of carbonyl (C=O) groups excluding carboxylic acids is 1. The molecular formula is C10H17N3O. The standard InChI is InChI=1S/C10H17N3O/c1-13(6-2-5-11)10(14)7-9(12)8-3-4-8/h8-9H,2-4,6-7,12H2,1H3. The molecule has 0 bridgehead atoms. The number of amides is 1. The summed E-state index contributed by atoms with van der Waals surface area (Å²) >= 11 is 0. The van der Waals surface area contributed by atoms with Crippen molar-refractivity contribution in [1.82, 2.24) is 4.90 Å². The summed E-state index contributed by atoms with van der Waals surface area (Å²) in [5.41, 5.74) is 5.83. The Labute approximate surface area is 84.7 Å². The van der Waals surface area contributed by atoms with Gasteiger partial charge in [0.2, 0.25) is 5.91 Å². The average molecular weight is 195 g/mol. The van der Waals surface area contributed by atoms with Crippen LogP contribution in [0, 0.1) is 17.2 Å². The number of nitrogens with two attached hydrogens (primary N) is 1. The van der Waals surface area contributed by atoms with Crippen LogP contribution in [0.1, 0.15) is 25.7 Å². The SMILES string of the molecule is CN(CCC#N)C(=O)CC(N)C1CC1. The highest BCUT2D eigenvalue weighted by Gasteiger charge is 2.30. The zero-order valence-electron chi connectivity index (χ0n) is 8.57. The Morgan fingerprint density at radius 2 is 2.36 bits per heavy atom. The van der Waals surface area contributed by atoms with E-state index >= 15 is 0 Å². The van der Waals surface area contributed by atoms with Crippen LogP contribution in [0.25, 0.3) is 0 Å². The maximum Gasteiger partial charge on any atom is 0.223 e. The molecule has 0 heterocycles. The first-order valence-electron chi connectivity index (χ1n) is 5.01. The van der Waals surface area contributed by atoms with Gasteiger partial charge < -0.3 is 10.6 Å². The summed E-state index contributed by atoms with van der Waals surface area (Å²) in [6.07, 6.45) is 3.14. The fourth-order valence-corrected chi connectivity index (χ4v) is 1.39. The largest absolute Gasteiger partial charge is 0.345 e. The molecule has 1 aliphatic carbocycles. The molecule has 1 saturated carbocycles. The molecular weight excluding hydrogens is 178 g/mol. The van der Waals surface area contributed by atoms with Crippen molar-refractivity contribution in [3.8, 4) is 6.07 Å². The first kappa shape index (κ1) is 11.0. The normalized spacial score (nSPS) is 17.2. The quantitative estimate of drug-likeness (QED) is 0.694. The fraction of sp³-hybridized carbons (Fsp3) is 0.800. The van der Waals surface area contributed by atoms with Gasteiger partial charge >= 0.3 is 0 Å². The van der Waals surface area contributed by atoms with Crippen LogP contribution in [0.2, 0.25) is 0 Å². The molecule has 1 fully saturated rings. The second-order valence-corrected chi connectivity index (χ2v) is 3.93. The first-order valence-corrected chi connectivity index (χ1v) is 5.01. The van der Waals surface area contributed by atoms with E-state index in [1.54, 1.807) is 11.9 Å². The minimum atomic E-state index is 0.0204. The number of hydrogen-bond acceptors (Lipinski definition) is 3. The Bertz CT molecular complexity index is 242. The van der Waals surface area contributed by atoms with Gasteiger partial charge in [0.1, 0.15) is 0 Å². The van der Waals surface area contributed by atoms with Crippen molar-refractivity contribution in [2.45, 2.75) is 31.7 Å². The molecule has 0 spiro atoms. The van der Waals surface area contributed by atoms with Crippen LogP contribution in [0.15, 0.2) is 0 Å². The lowest BCUT2D eigenvalue weighted by Gasteiger charge is -2.18. The molecule has 4 heteroatoms. The predicted octanol–water partition coefficient (Wildman–Crippen LogP) is 0.486. The van der Waals surface area contributed by atoms with Crippen LogP contribution in [0.3, 0.4) is 0 Å². The molecule has 0 saturated heterocycles. The summed E-state index contributed by atoms with van der Waals surface area (Å²) in [4.78, 5) is 13.1. The van der Waals surface area contributed by atoms with E-state index in [1.165, 1.54) is 0 Å². The molecule has 0 aromatic rings. The first-order chi connectivity index (χ1) is 6.65. The molecule has 1 aliphatic rings. The molecule has 1 unspecified atom stereocenters. The smallest absolute Gasteiger partial charge is 0.223 e. The molecule has 78 valence electrons. The molecule has 1 atom stereocenters. The second-order valence-electron chi connectivity index (χ2n) is 3.93. The average Bonchev–Trinajstić information content (AvgIpc) is 2.96. The van der Waals surface area contributed by atoms with Gasteiger partial charge in [0.15, 0.2) is 0 Å². The number of hydrogen-bond donors (Lipinski definition) is 1. The van der Waals surface area contributed by atoms with E-state index in [1.807, 2.05) is 6.07 Å². The zero-order valence-corrected chi connectivity index (χ0v) is 8.57. The number of nitrogens with zero attached hydrogens (tertiary/aromatic N) is 2. The third kappa shape index (κ3) is 3.35. The van der Waals surface area contributed by atoms with Gasteiger partial charge in [0, 0.05) is 26.1 Å². The van der Waals surface area contributed by atoms with Gasteiger partial charge in [-0.25, -0.2) is 0 Å². The fourth-order valence-electron chi connectivity index (χ4n) is 1.39. The van der Waals surface area contributed by atoms with Crippen LogP contribution >= 0.6 is 0 Å². The number of carbonyl (C=O) groups is 1. The van der Waals surface area contributed by atoms with Crippen molar-refractivity contribution >= 4 is 5.91 Å². The molecule has 4 nitrogen and oxygen atoms in total. The summed E-state index contributed by atoms with van der Waals surface area (Å²) in [5, 5.41) is 8.36. The van der Waals surface area contributed by atoms with Crippen molar-refractivity contribution in [1.29, 1.82) is 5.26 Å². The predicted molar refractivity (Wildman–Crippen MR) is 53.2 cm³/mol. The molecule has 0 aromatic carbocycles. The molecule has 0 radical (unpaired) electrons. The van der Waals surface area contributed by atoms with E-state index in [0.717, 1.165) is 12.8 Å². The van der Waals surface area contributed by atoms with Crippen LogP contribution in [-0.2, 0) is 4.79 Å². The lowest BCUT2D eigenvalue weighted by Crippen LogP contribution is -2.34. The molecule has 14 heavy (non-hydrogen) atoms. The van der Waals surface area contributed by atoms with Gasteiger partial charge in [-0.3, -0.25) is 4.79 Å². The van der Waals surface area contributed by atoms with Gasteiger partial charge in [0.05, 0.1) is 12.5 Å². The Morgan fingerprint density at radius 1 is 1.71 bits per heavy atom. The number of nitriles is 1. The van der Waals surface area contributed by atoms with E-state index in [4.69, 9.17) is 11.0 Å². The van der Waals surface area contributed by atoms with Crippen LogP contribution in [-0.4, -0.2) is 30.4 Å². The van der Waals surface area contributed by atoms with Crippen molar-refractivity contribution < 1.29 is 4.79 Å². The lowest BCUT2D eigenvalue weighted by atomic mass is 10.1. The Hall–Kier alpha value is -1.08. The molecule has 0 aliphatic heterocycles. The van der Waals surface area contributed by atoms with Gasteiger partial charge in [-0.2, -0.15) is 5.26 Å². The summed E-state index contributed by atoms with van der Waals surface area (Å²) in [5.74, 6) is 0.614. The van der Waals surface area contributed by atoms with Crippen molar-refractivity contribution in [2.75, 3.05) is 13.6 Å². The lowest BCUT2D eigenvalue weighted by molar-refractivity contribution is -0.130. The number of rotatable bonds is 5. The van der Waals surface area contributed by atoms with Gasteiger partial charge in [-0.05, 0) is 18.8 Å². The monoisotopic (exact) mass is 195 g/mol. The Morgan fingerprint density at radius 3 is 2.86 bits per heavy atom. The third-order valence-electron chi connectivity index (χ3n) is 2.62. The molecule has 1 rings (SSSR count). The molecule has 2 N–H and O–H groups in total.